The Morgan fingerprint density at radius 2 is 1.71 bits per heavy atom. The molecule has 0 unspecified atom stereocenters. The first-order chi connectivity index (χ1) is 16.7. The van der Waals surface area contributed by atoms with Crippen molar-refractivity contribution in [2.24, 2.45) is 0 Å². The Morgan fingerprint density at radius 3 is 2.34 bits per heavy atom. The second-order valence-corrected chi connectivity index (χ2v) is 10.7. The molecule has 4 rings (SSSR count). The summed E-state index contributed by atoms with van der Waals surface area (Å²) in [6, 6.07) is 15.9. The number of imide groups is 1. The highest BCUT2D eigenvalue weighted by Gasteiger charge is 2.35. The van der Waals surface area contributed by atoms with E-state index < -0.39 is 27.1 Å². The molecule has 7 nitrogen and oxygen atoms in total. The summed E-state index contributed by atoms with van der Waals surface area (Å²) in [6.45, 7) is 0.0297. The zero-order valence-corrected chi connectivity index (χ0v) is 21.3. The first-order valence-corrected chi connectivity index (χ1v) is 13.1. The predicted molar refractivity (Wildman–Crippen MR) is 133 cm³/mol. The topological polar surface area (TPSA) is 90.0 Å². The lowest BCUT2D eigenvalue weighted by Gasteiger charge is -2.12. The minimum Gasteiger partial charge on any atom is -0.497 e. The number of thioether (sulfide) groups is 1. The molecule has 0 aliphatic carbocycles. The summed E-state index contributed by atoms with van der Waals surface area (Å²) in [5.41, 5.74) is 1.18. The molecule has 35 heavy (non-hydrogen) atoms. The quantitative estimate of drug-likeness (QED) is 0.266. The van der Waals surface area contributed by atoms with Crippen molar-refractivity contribution in [3.63, 3.8) is 0 Å². The van der Waals surface area contributed by atoms with Crippen molar-refractivity contribution >= 4 is 55.0 Å². The van der Waals surface area contributed by atoms with Crippen molar-refractivity contribution in [3.8, 4) is 11.5 Å². The number of rotatable bonds is 7. The molecule has 3 aromatic rings. The second-order valence-electron chi connectivity index (χ2n) is 7.30. The molecule has 0 saturated carbocycles. The van der Waals surface area contributed by atoms with Gasteiger partial charge in [0.1, 0.15) is 16.5 Å². The highest BCUT2D eigenvalue weighted by molar-refractivity contribution is 9.10. The van der Waals surface area contributed by atoms with Crippen LogP contribution in [0, 0.1) is 5.82 Å². The van der Waals surface area contributed by atoms with Gasteiger partial charge in [-0.15, -0.1) is 0 Å². The van der Waals surface area contributed by atoms with E-state index in [9.17, 15) is 22.4 Å². The highest BCUT2D eigenvalue weighted by Crippen LogP contribution is 2.35. The number of hydrogen-bond donors (Lipinski definition) is 0. The maximum atomic E-state index is 13.1. The third kappa shape index (κ3) is 5.75. The van der Waals surface area contributed by atoms with Crippen LogP contribution in [0.4, 0.5) is 9.18 Å². The van der Waals surface area contributed by atoms with E-state index in [-0.39, 0.29) is 22.1 Å². The van der Waals surface area contributed by atoms with E-state index in [2.05, 4.69) is 15.9 Å². The van der Waals surface area contributed by atoms with Crippen molar-refractivity contribution in [3.05, 3.63) is 93.1 Å². The van der Waals surface area contributed by atoms with Gasteiger partial charge in [-0.1, -0.05) is 18.2 Å². The Morgan fingerprint density at radius 1 is 1.03 bits per heavy atom. The molecule has 3 aromatic carbocycles. The van der Waals surface area contributed by atoms with E-state index in [0.29, 0.717) is 21.3 Å². The summed E-state index contributed by atoms with van der Waals surface area (Å²) in [4.78, 5) is 26.4. The van der Waals surface area contributed by atoms with Gasteiger partial charge in [0.25, 0.3) is 11.1 Å². The number of nitrogens with zero attached hydrogens (tertiary/aromatic N) is 1. The van der Waals surface area contributed by atoms with E-state index in [1.54, 1.807) is 12.1 Å². The lowest BCUT2D eigenvalue weighted by molar-refractivity contribution is -0.123. The molecule has 0 aromatic heterocycles. The van der Waals surface area contributed by atoms with Crippen LogP contribution in [0.15, 0.2) is 81.0 Å². The van der Waals surface area contributed by atoms with Crippen LogP contribution in [0.25, 0.3) is 6.08 Å². The lowest BCUT2D eigenvalue weighted by Crippen LogP contribution is -2.27. The molecule has 0 spiro atoms. The SMILES string of the molecule is COc1ccc(S(=O)(=O)Oc2ccc(/C=C3\SC(=O)N(Cc4ccc(F)cc4)C3=O)cc2Br)cc1. The van der Waals surface area contributed by atoms with E-state index >= 15 is 0 Å². The number of carbonyl (C=O) groups is 2. The van der Waals surface area contributed by atoms with Gasteiger partial charge in [0.05, 0.1) is 23.0 Å². The normalized spacial score (nSPS) is 15.1. The average molecular weight is 578 g/mol. The minimum atomic E-state index is -4.09. The van der Waals surface area contributed by atoms with Crippen molar-refractivity contribution in [1.29, 1.82) is 0 Å². The van der Waals surface area contributed by atoms with Crippen molar-refractivity contribution in [1.82, 2.24) is 4.90 Å². The van der Waals surface area contributed by atoms with Gasteiger partial charge in [0, 0.05) is 0 Å². The van der Waals surface area contributed by atoms with Crippen LogP contribution >= 0.6 is 27.7 Å². The standard InChI is InChI=1S/C24H17BrFNO6S2/c1-32-18-7-9-19(10-8-18)35(30,31)33-21-11-4-16(12-20(21)25)13-22-23(28)27(24(29)34-22)14-15-2-5-17(26)6-3-15/h2-13H,14H2,1H3/b22-13-. The van der Waals surface area contributed by atoms with Crippen molar-refractivity contribution in [2.45, 2.75) is 11.4 Å². The van der Waals surface area contributed by atoms with Crippen molar-refractivity contribution in [2.75, 3.05) is 7.11 Å². The Balaban J connectivity index is 1.50. The third-order valence-electron chi connectivity index (χ3n) is 4.93. The fourth-order valence-electron chi connectivity index (χ4n) is 3.14. The van der Waals surface area contributed by atoms with Gasteiger partial charge in [0.15, 0.2) is 5.75 Å². The van der Waals surface area contributed by atoms with Crippen LogP contribution in [0.2, 0.25) is 0 Å². The van der Waals surface area contributed by atoms with Gasteiger partial charge in [0.2, 0.25) is 0 Å². The van der Waals surface area contributed by atoms with Crippen LogP contribution in [0.5, 0.6) is 11.5 Å². The Kier molecular flexibility index (Phi) is 7.29. The van der Waals surface area contributed by atoms with Crippen LogP contribution in [0.1, 0.15) is 11.1 Å². The summed E-state index contributed by atoms with van der Waals surface area (Å²) in [5, 5.41) is -0.435. The minimum absolute atomic E-state index is 0.0297. The average Bonchev–Trinajstić information content (AvgIpc) is 3.09. The fourth-order valence-corrected chi connectivity index (χ4v) is 5.51. The number of halogens is 2. The maximum absolute atomic E-state index is 13.1. The third-order valence-corrected chi connectivity index (χ3v) is 7.70. The van der Waals surface area contributed by atoms with Gasteiger partial charge in [-0.05, 0) is 93.4 Å². The number of amides is 2. The zero-order valence-electron chi connectivity index (χ0n) is 18.1. The highest BCUT2D eigenvalue weighted by atomic mass is 79.9. The monoisotopic (exact) mass is 577 g/mol. The molecule has 1 fully saturated rings. The van der Waals surface area contributed by atoms with Crippen molar-refractivity contribution < 1.29 is 31.3 Å². The summed E-state index contributed by atoms with van der Waals surface area (Å²) >= 11 is 4.09. The molecule has 1 saturated heterocycles. The van der Waals surface area contributed by atoms with E-state index in [1.165, 1.54) is 67.8 Å². The molecule has 0 radical (unpaired) electrons. The molecule has 1 heterocycles. The van der Waals surface area contributed by atoms with E-state index in [0.717, 1.165) is 16.7 Å². The number of hydrogen-bond acceptors (Lipinski definition) is 7. The predicted octanol–water partition coefficient (Wildman–Crippen LogP) is 5.60. The molecule has 2 amide bonds. The largest absolute Gasteiger partial charge is 0.497 e. The number of methoxy groups -OCH3 is 1. The number of ether oxygens (including phenoxy) is 1. The summed E-state index contributed by atoms with van der Waals surface area (Å²) in [5.74, 6) is -0.306. The van der Waals surface area contributed by atoms with Gasteiger partial charge >= 0.3 is 10.1 Å². The molecule has 180 valence electrons. The molecule has 0 atom stereocenters. The second kappa shape index (κ2) is 10.2. The maximum Gasteiger partial charge on any atom is 0.339 e. The van der Waals surface area contributed by atoms with Gasteiger partial charge in [-0.2, -0.15) is 8.42 Å². The van der Waals surface area contributed by atoms with E-state index in [4.69, 9.17) is 8.92 Å². The van der Waals surface area contributed by atoms with Gasteiger partial charge in [-0.3, -0.25) is 14.5 Å². The lowest BCUT2D eigenvalue weighted by atomic mass is 10.2. The summed E-state index contributed by atoms with van der Waals surface area (Å²) < 4.78 is 48.9. The van der Waals surface area contributed by atoms with Crippen LogP contribution in [0.3, 0.4) is 0 Å². The Labute approximate surface area is 213 Å². The van der Waals surface area contributed by atoms with Crippen LogP contribution in [-0.2, 0) is 21.5 Å². The van der Waals surface area contributed by atoms with Crippen LogP contribution < -0.4 is 8.92 Å². The Bertz CT molecular complexity index is 1420. The summed E-state index contributed by atoms with van der Waals surface area (Å²) in [7, 11) is -2.61. The molecule has 0 N–H and O–H groups in total. The number of carbonyl (C=O) groups excluding carboxylic acids is 2. The number of benzene rings is 3. The molecule has 1 aliphatic rings. The molecule has 1 aliphatic heterocycles. The zero-order chi connectivity index (χ0) is 25.2. The smallest absolute Gasteiger partial charge is 0.339 e. The first-order valence-electron chi connectivity index (χ1n) is 10.0. The molecular formula is C24H17BrFNO6S2. The van der Waals surface area contributed by atoms with Gasteiger partial charge in [-0.25, -0.2) is 4.39 Å². The van der Waals surface area contributed by atoms with Gasteiger partial charge < -0.3 is 8.92 Å². The van der Waals surface area contributed by atoms with E-state index in [1.807, 2.05) is 0 Å². The molecular weight excluding hydrogens is 561 g/mol. The Hall–Kier alpha value is -3.15. The molecule has 0 bridgehead atoms. The summed E-state index contributed by atoms with van der Waals surface area (Å²) in [6.07, 6.45) is 1.53. The molecule has 11 heteroatoms. The fraction of sp³-hybridized carbons (Fsp3) is 0.0833. The first kappa shape index (κ1) is 25.0. The van der Waals surface area contributed by atoms with Crippen LogP contribution in [-0.4, -0.2) is 31.6 Å².